The third kappa shape index (κ3) is 1.91. The van der Waals surface area contributed by atoms with Gasteiger partial charge < -0.3 is 0 Å². The maximum atomic E-state index is 9.41. The number of hydrogen-bond acceptors (Lipinski definition) is 2. The lowest BCUT2D eigenvalue weighted by atomic mass is 9.92. The van der Waals surface area contributed by atoms with Gasteiger partial charge in [0, 0.05) is 11.3 Å². The quantitative estimate of drug-likeness (QED) is 0.731. The van der Waals surface area contributed by atoms with Crippen LogP contribution in [0.2, 0.25) is 5.15 Å². The Bertz CT molecular complexity index is 698. The van der Waals surface area contributed by atoms with Gasteiger partial charge in [-0.1, -0.05) is 35.9 Å². The second-order valence-electron chi connectivity index (χ2n) is 4.86. The van der Waals surface area contributed by atoms with Crippen LogP contribution in [-0.2, 0) is 12.8 Å². The van der Waals surface area contributed by atoms with Crippen LogP contribution in [0.5, 0.6) is 0 Å². The molecule has 1 aromatic heterocycles. The van der Waals surface area contributed by atoms with Gasteiger partial charge >= 0.3 is 0 Å². The van der Waals surface area contributed by atoms with Crippen LogP contribution in [-0.4, -0.2) is 4.98 Å². The lowest BCUT2D eigenvalue weighted by molar-refractivity contribution is 0.899. The van der Waals surface area contributed by atoms with Crippen molar-refractivity contribution in [3.05, 3.63) is 51.8 Å². The van der Waals surface area contributed by atoms with E-state index in [4.69, 9.17) is 11.6 Å². The molecular weight excluding hydrogens is 256 g/mol. The summed E-state index contributed by atoms with van der Waals surface area (Å²) in [7, 11) is 0. The first-order valence-corrected chi connectivity index (χ1v) is 6.77. The zero-order chi connectivity index (χ0) is 13.4. The Labute approximate surface area is 117 Å². The van der Waals surface area contributed by atoms with Gasteiger partial charge in [0.05, 0.1) is 5.56 Å². The van der Waals surface area contributed by atoms with Crippen LogP contribution in [0, 0.1) is 18.3 Å². The standard InChI is InChI=1S/C16H13ClN2/c1-10-5-2-3-6-11(10)15-12-7-4-8-14(12)19-16(17)13(15)9-18/h2-3,5-6H,4,7-8H2,1H3. The Balaban J connectivity index is 2.38. The van der Waals surface area contributed by atoms with Crippen LogP contribution in [0.15, 0.2) is 24.3 Å². The molecule has 0 radical (unpaired) electrons. The largest absolute Gasteiger partial charge is 0.239 e. The van der Waals surface area contributed by atoms with Crippen molar-refractivity contribution in [2.75, 3.05) is 0 Å². The fraction of sp³-hybridized carbons (Fsp3) is 0.250. The van der Waals surface area contributed by atoms with Gasteiger partial charge in [0.2, 0.25) is 0 Å². The van der Waals surface area contributed by atoms with Crippen molar-refractivity contribution < 1.29 is 0 Å². The molecule has 0 atom stereocenters. The number of nitriles is 1. The molecule has 1 aliphatic rings. The minimum Gasteiger partial charge on any atom is -0.239 e. The molecule has 0 aliphatic heterocycles. The zero-order valence-corrected chi connectivity index (χ0v) is 11.5. The lowest BCUT2D eigenvalue weighted by Gasteiger charge is -2.14. The van der Waals surface area contributed by atoms with E-state index in [0.717, 1.165) is 41.6 Å². The highest BCUT2D eigenvalue weighted by Crippen LogP contribution is 2.38. The third-order valence-corrected chi connectivity index (χ3v) is 3.98. The number of halogens is 1. The van der Waals surface area contributed by atoms with E-state index in [2.05, 4.69) is 30.1 Å². The Hall–Kier alpha value is -1.85. The average molecular weight is 269 g/mol. The molecule has 0 fully saturated rings. The number of aryl methyl sites for hydroxylation is 2. The zero-order valence-electron chi connectivity index (χ0n) is 10.7. The Kier molecular flexibility index (Phi) is 3.00. The van der Waals surface area contributed by atoms with Crippen LogP contribution in [0.25, 0.3) is 11.1 Å². The minimum absolute atomic E-state index is 0.335. The highest BCUT2D eigenvalue weighted by molar-refractivity contribution is 6.31. The van der Waals surface area contributed by atoms with Gasteiger partial charge in [-0.25, -0.2) is 4.98 Å². The molecule has 2 aromatic rings. The van der Waals surface area contributed by atoms with Crippen molar-refractivity contribution in [2.24, 2.45) is 0 Å². The molecule has 0 saturated heterocycles. The van der Waals surface area contributed by atoms with Gasteiger partial charge in [-0.15, -0.1) is 0 Å². The summed E-state index contributed by atoms with van der Waals surface area (Å²) in [5, 5.41) is 9.74. The fourth-order valence-electron chi connectivity index (χ4n) is 2.80. The summed E-state index contributed by atoms with van der Waals surface area (Å²) < 4.78 is 0. The number of aromatic nitrogens is 1. The Morgan fingerprint density at radius 2 is 2.05 bits per heavy atom. The second kappa shape index (κ2) is 4.68. The van der Waals surface area contributed by atoms with Gasteiger partial charge in [-0.3, -0.25) is 0 Å². The number of benzene rings is 1. The predicted octanol–water partition coefficient (Wildman–Crippen LogP) is 4.07. The monoisotopic (exact) mass is 268 g/mol. The molecule has 1 aromatic carbocycles. The van der Waals surface area contributed by atoms with E-state index in [0.29, 0.717) is 10.7 Å². The molecule has 19 heavy (non-hydrogen) atoms. The molecule has 1 heterocycles. The number of rotatable bonds is 1. The van der Waals surface area contributed by atoms with Crippen molar-refractivity contribution in [1.82, 2.24) is 4.98 Å². The summed E-state index contributed by atoms with van der Waals surface area (Å²) in [5.74, 6) is 0. The van der Waals surface area contributed by atoms with Gasteiger partial charge in [-0.2, -0.15) is 5.26 Å². The van der Waals surface area contributed by atoms with E-state index in [9.17, 15) is 5.26 Å². The molecule has 0 spiro atoms. The lowest BCUT2D eigenvalue weighted by Crippen LogP contribution is -1.99. The predicted molar refractivity (Wildman–Crippen MR) is 76.2 cm³/mol. The van der Waals surface area contributed by atoms with Crippen LogP contribution in [0.3, 0.4) is 0 Å². The maximum absolute atomic E-state index is 9.41. The van der Waals surface area contributed by atoms with Gasteiger partial charge in [0.1, 0.15) is 11.2 Å². The number of nitrogens with zero attached hydrogens (tertiary/aromatic N) is 2. The van der Waals surface area contributed by atoms with E-state index in [-0.39, 0.29) is 0 Å². The van der Waals surface area contributed by atoms with Crippen molar-refractivity contribution in [3.63, 3.8) is 0 Å². The molecule has 0 N–H and O–H groups in total. The molecule has 2 nitrogen and oxygen atoms in total. The first-order valence-electron chi connectivity index (χ1n) is 6.39. The van der Waals surface area contributed by atoms with Crippen molar-refractivity contribution in [3.8, 4) is 17.2 Å². The molecular formula is C16H13ClN2. The summed E-state index contributed by atoms with van der Waals surface area (Å²) in [5.41, 5.74) is 6.03. The molecule has 94 valence electrons. The van der Waals surface area contributed by atoms with E-state index in [1.54, 1.807) is 0 Å². The first kappa shape index (κ1) is 12.2. The van der Waals surface area contributed by atoms with Crippen LogP contribution < -0.4 is 0 Å². The van der Waals surface area contributed by atoms with Crippen molar-refractivity contribution in [1.29, 1.82) is 5.26 Å². The highest BCUT2D eigenvalue weighted by Gasteiger charge is 2.23. The molecule has 0 saturated carbocycles. The number of fused-ring (bicyclic) bond motifs is 1. The van der Waals surface area contributed by atoms with E-state index in [1.165, 1.54) is 5.56 Å². The maximum Gasteiger partial charge on any atom is 0.147 e. The molecule has 0 amide bonds. The van der Waals surface area contributed by atoms with Crippen molar-refractivity contribution in [2.45, 2.75) is 26.2 Å². The Morgan fingerprint density at radius 1 is 1.26 bits per heavy atom. The number of pyridine rings is 1. The van der Waals surface area contributed by atoms with Crippen LogP contribution >= 0.6 is 11.6 Å². The van der Waals surface area contributed by atoms with Gasteiger partial charge in [-0.05, 0) is 42.9 Å². The summed E-state index contributed by atoms with van der Waals surface area (Å²) >= 11 is 6.18. The van der Waals surface area contributed by atoms with Crippen LogP contribution in [0.4, 0.5) is 0 Å². The van der Waals surface area contributed by atoms with Gasteiger partial charge in [0.15, 0.2) is 0 Å². The molecule has 0 bridgehead atoms. The second-order valence-corrected chi connectivity index (χ2v) is 5.22. The van der Waals surface area contributed by atoms with E-state index >= 15 is 0 Å². The summed E-state index contributed by atoms with van der Waals surface area (Å²) in [6.07, 6.45) is 3.03. The molecule has 3 heteroatoms. The molecule has 3 rings (SSSR count). The summed E-state index contributed by atoms with van der Waals surface area (Å²) in [6.45, 7) is 2.06. The van der Waals surface area contributed by atoms with Crippen LogP contribution in [0.1, 0.15) is 28.8 Å². The average Bonchev–Trinajstić information content (AvgIpc) is 2.85. The van der Waals surface area contributed by atoms with E-state index in [1.807, 2.05) is 12.1 Å². The van der Waals surface area contributed by atoms with Gasteiger partial charge in [0.25, 0.3) is 0 Å². The third-order valence-electron chi connectivity index (χ3n) is 3.71. The SMILES string of the molecule is Cc1ccccc1-c1c(C#N)c(Cl)nc2c1CCC2. The summed E-state index contributed by atoms with van der Waals surface area (Å²) in [4.78, 5) is 4.38. The normalized spacial score (nSPS) is 13.1. The highest BCUT2D eigenvalue weighted by atomic mass is 35.5. The molecule has 1 aliphatic carbocycles. The summed E-state index contributed by atoms with van der Waals surface area (Å²) in [6, 6.07) is 10.3. The fourth-order valence-corrected chi connectivity index (χ4v) is 3.04. The molecule has 0 unspecified atom stereocenters. The first-order chi connectivity index (χ1) is 9.22. The topological polar surface area (TPSA) is 36.7 Å². The number of hydrogen-bond donors (Lipinski definition) is 0. The minimum atomic E-state index is 0.335. The van der Waals surface area contributed by atoms with E-state index < -0.39 is 0 Å². The Morgan fingerprint density at radius 3 is 2.79 bits per heavy atom. The smallest absolute Gasteiger partial charge is 0.147 e. The van der Waals surface area contributed by atoms with Crippen molar-refractivity contribution >= 4 is 11.6 Å².